The molecule has 7 nitrogen and oxygen atoms in total. The van der Waals surface area contributed by atoms with Gasteiger partial charge in [-0.2, -0.15) is 0 Å². The van der Waals surface area contributed by atoms with Crippen LogP contribution in [0.15, 0.2) is 40.3 Å². The molecule has 2 aromatic rings. The number of aromatic amines is 1. The predicted molar refractivity (Wildman–Crippen MR) is 71.9 cm³/mol. The van der Waals surface area contributed by atoms with E-state index in [2.05, 4.69) is 9.97 Å². The summed E-state index contributed by atoms with van der Waals surface area (Å²) in [7, 11) is 0. The molecule has 1 aromatic heterocycles. The fourth-order valence-corrected chi connectivity index (χ4v) is 2.23. The lowest BCUT2D eigenvalue weighted by atomic mass is 10.2. The average molecular weight is 278 g/mol. The molecule has 8 heteroatoms. The smallest absolute Gasteiger partial charge is 0.269 e. The van der Waals surface area contributed by atoms with Gasteiger partial charge >= 0.3 is 0 Å². The number of nitrogen functional groups attached to an aromatic ring is 1. The third-order valence-electron chi connectivity index (χ3n) is 2.26. The Morgan fingerprint density at radius 1 is 1.37 bits per heavy atom. The Kier molecular flexibility index (Phi) is 3.81. The van der Waals surface area contributed by atoms with Gasteiger partial charge in [-0.15, -0.1) is 0 Å². The number of nitro groups is 1. The summed E-state index contributed by atoms with van der Waals surface area (Å²) in [5.74, 6) is 0.694. The van der Waals surface area contributed by atoms with Crippen LogP contribution in [0.3, 0.4) is 0 Å². The Bertz CT molecular complexity index is 654. The summed E-state index contributed by atoms with van der Waals surface area (Å²) in [6.07, 6.45) is 0. The van der Waals surface area contributed by atoms with Crippen LogP contribution in [0, 0.1) is 10.1 Å². The zero-order valence-corrected chi connectivity index (χ0v) is 10.5. The van der Waals surface area contributed by atoms with Crippen molar-refractivity contribution in [1.29, 1.82) is 0 Å². The predicted octanol–water partition coefficient (Wildman–Crippen LogP) is 1.55. The van der Waals surface area contributed by atoms with Gasteiger partial charge in [-0.3, -0.25) is 14.9 Å². The van der Waals surface area contributed by atoms with E-state index in [1.54, 1.807) is 12.1 Å². The number of aromatic nitrogens is 2. The van der Waals surface area contributed by atoms with Crippen LogP contribution < -0.4 is 11.3 Å². The number of nitrogens with zero attached hydrogens (tertiary/aromatic N) is 2. The number of nitro benzene ring substituents is 1. The summed E-state index contributed by atoms with van der Waals surface area (Å²) in [5, 5.41) is 10.9. The maximum atomic E-state index is 11.2. The molecule has 0 bridgehead atoms. The normalized spacial score (nSPS) is 10.3. The van der Waals surface area contributed by atoms with Crippen LogP contribution in [0.4, 0.5) is 11.5 Å². The minimum Gasteiger partial charge on any atom is -0.383 e. The number of nitrogens with one attached hydrogen (secondary N) is 1. The first kappa shape index (κ1) is 13.1. The molecule has 0 saturated heterocycles. The van der Waals surface area contributed by atoms with Crippen LogP contribution >= 0.6 is 11.8 Å². The van der Waals surface area contributed by atoms with Crippen molar-refractivity contribution in [3.63, 3.8) is 0 Å². The lowest BCUT2D eigenvalue weighted by molar-refractivity contribution is -0.384. The van der Waals surface area contributed by atoms with Gasteiger partial charge in [-0.1, -0.05) is 23.9 Å². The maximum absolute atomic E-state index is 11.2. The first-order chi connectivity index (χ1) is 9.04. The molecule has 2 rings (SSSR count). The standard InChI is InChI=1S/C11H10N4O3S/c12-9-5-10(16)14-11(13-9)19-6-7-1-3-8(4-2-7)15(17)18/h1-5H,6H2,(H3,12,13,14,16). The minimum absolute atomic E-state index is 0.0456. The van der Waals surface area contributed by atoms with E-state index >= 15 is 0 Å². The highest BCUT2D eigenvalue weighted by molar-refractivity contribution is 7.98. The Hall–Kier alpha value is -2.35. The second-order valence-electron chi connectivity index (χ2n) is 3.69. The van der Waals surface area contributed by atoms with Gasteiger partial charge in [-0.25, -0.2) is 4.98 Å². The molecule has 0 radical (unpaired) electrons. The number of H-pyrrole nitrogens is 1. The zero-order chi connectivity index (χ0) is 13.8. The van der Waals surface area contributed by atoms with Gasteiger partial charge in [0.2, 0.25) is 0 Å². The molecule has 98 valence electrons. The van der Waals surface area contributed by atoms with E-state index in [0.717, 1.165) is 5.56 Å². The van der Waals surface area contributed by atoms with E-state index in [4.69, 9.17) is 5.73 Å². The number of non-ortho nitro benzene ring substituents is 1. The summed E-state index contributed by atoms with van der Waals surface area (Å²) in [5.41, 5.74) is 6.09. The quantitative estimate of drug-likeness (QED) is 0.379. The van der Waals surface area contributed by atoms with Gasteiger partial charge in [0.15, 0.2) is 5.16 Å². The molecular weight excluding hydrogens is 268 g/mol. The highest BCUT2D eigenvalue weighted by Crippen LogP contribution is 2.20. The highest BCUT2D eigenvalue weighted by Gasteiger charge is 2.05. The monoisotopic (exact) mass is 278 g/mol. The number of anilines is 1. The molecule has 0 aliphatic heterocycles. The highest BCUT2D eigenvalue weighted by atomic mass is 32.2. The molecule has 0 fully saturated rings. The molecule has 0 aliphatic rings. The van der Waals surface area contributed by atoms with Crippen molar-refractivity contribution in [2.45, 2.75) is 10.9 Å². The van der Waals surface area contributed by atoms with Gasteiger partial charge < -0.3 is 10.7 Å². The Morgan fingerprint density at radius 3 is 2.63 bits per heavy atom. The summed E-state index contributed by atoms with van der Waals surface area (Å²) < 4.78 is 0. The van der Waals surface area contributed by atoms with E-state index in [0.29, 0.717) is 10.9 Å². The molecule has 0 spiro atoms. The summed E-state index contributed by atoms with van der Waals surface area (Å²) in [4.78, 5) is 27.8. The van der Waals surface area contributed by atoms with E-state index in [1.165, 1.54) is 30.0 Å². The van der Waals surface area contributed by atoms with Gasteiger partial charge in [0.25, 0.3) is 11.2 Å². The molecule has 1 heterocycles. The Balaban J connectivity index is 2.06. The lowest BCUT2D eigenvalue weighted by Gasteiger charge is -2.01. The van der Waals surface area contributed by atoms with Crippen molar-refractivity contribution < 1.29 is 4.92 Å². The maximum Gasteiger partial charge on any atom is 0.269 e. The number of hydrogen-bond donors (Lipinski definition) is 2. The van der Waals surface area contributed by atoms with E-state index in [9.17, 15) is 14.9 Å². The molecule has 19 heavy (non-hydrogen) atoms. The number of benzene rings is 1. The van der Waals surface area contributed by atoms with E-state index in [1.807, 2.05) is 0 Å². The number of hydrogen-bond acceptors (Lipinski definition) is 6. The third-order valence-corrected chi connectivity index (χ3v) is 3.21. The Labute approximate surface area is 112 Å². The van der Waals surface area contributed by atoms with Crippen molar-refractivity contribution in [2.24, 2.45) is 0 Å². The van der Waals surface area contributed by atoms with Gasteiger partial charge in [0, 0.05) is 24.0 Å². The SMILES string of the molecule is Nc1cc(=O)[nH]c(SCc2ccc([N+](=O)[O-])cc2)n1. The average Bonchev–Trinajstić information content (AvgIpc) is 2.36. The van der Waals surface area contributed by atoms with Crippen molar-refractivity contribution in [1.82, 2.24) is 9.97 Å². The number of nitrogens with two attached hydrogens (primary N) is 1. The fraction of sp³-hybridized carbons (Fsp3) is 0.0909. The van der Waals surface area contributed by atoms with Crippen molar-refractivity contribution in [3.05, 3.63) is 56.4 Å². The topological polar surface area (TPSA) is 115 Å². The molecular formula is C11H10N4O3S. The molecule has 0 atom stereocenters. The second kappa shape index (κ2) is 5.53. The van der Waals surface area contributed by atoms with E-state index in [-0.39, 0.29) is 17.1 Å². The summed E-state index contributed by atoms with van der Waals surface area (Å²) in [6, 6.07) is 7.40. The second-order valence-corrected chi connectivity index (χ2v) is 4.65. The van der Waals surface area contributed by atoms with Crippen LogP contribution in [-0.4, -0.2) is 14.9 Å². The van der Waals surface area contributed by atoms with Crippen molar-refractivity contribution in [2.75, 3.05) is 5.73 Å². The van der Waals surface area contributed by atoms with Crippen molar-refractivity contribution >= 4 is 23.3 Å². The van der Waals surface area contributed by atoms with Crippen LogP contribution in [0.5, 0.6) is 0 Å². The Morgan fingerprint density at radius 2 is 2.05 bits per heavy atom. The zero-order valence-electron chi connectivity index (χ0n) is 9.70. The van der Waals surface area contributed by atoms with E-state index < -0.39 is 4.92 Å². The number of thioether (sulfide) groups is 1. The summed E-state index contributed by atoms with van der Waals surface area (Å²) >= 11 is 1.30. The molecule has 0 amide bonds. The first-order valence-electron chi connectivity index (χ1n) is 5.27. The molecule has 0 saturated carbocycles. The van der Waals surface area contributed by atoms with Crippen LogP contribution in [0.25, 0.3) is 0 Å². The molecule has 0 aliphatic carbocycles. The molecule has 3 N–H and O–H groups in total. The van der Waals surface area contributed by atoms with Gasteiger partial charge in [0.05, 0.1) is 4.92 Å². The molecule has 0 unspecified atom stereocenters. The molecule has 1 aromatic carbocycles. The largest absolute Gasteiger partial charge is 0.383 e. The third kappa shape index (κ3) is 3.55. The van der Waals surface area contributed by atoms with Gasteiger partial charge in [-0.05, 0) is 5.56 Å². The fourth-order valence-electron chi connectivity index (χ4n) is 1.39. The lowest BCUT2D eigenvalue weighted by Crippen LogP contribution is -2.09. The summed E-state index contributed by atoms with van der Waals surface area (Å²) in [6.45, 7) is 0. The van der Waals surface area contributed by atoms with Crippen LogP contribution in [0.1, 0.15) is 5.56 Å². The van der Waals surface area contributed by atoms with Gasteiger partial charge in [0.1, 0.15) is 5.82 Å². The van der Waals surface area contributed by atoms with Crippen LogP contribution in [-0.2, 0) is 5.75 Å². The van der Waals surface area contributed by atoms with Crippen LogP contribution in [0.2, 0.25) is 0 Å². The minimum atomic E-state index is -0.451. The number of rotatable bonds is 4. The van der Waals surface area contributed by atoms with Crippen molar-refractivity contribution in [3.8, 4) is 0 Å². The first-order valence-corrected chi connectivity index (χ1v) is 6.26.